The van der Waals surface area contributed by atoms with Gasteiger partial charge < -0.3 is 9.84 Å². The van der Waals surface area contributed by atoms with Crippen LogP contribution < -0.4 is 0 Å². The molecular weight excluding hydrogens is 556 g/mol. The lowest BCUT2D eigenvalue weighted by atomic mass is 10.2. The van der Waals surface area contributed by atoms with Crippen LogP contribution in [0.4, 0.5) is 0 Å². The number of esters is 1. The Hall–Kier alpha value is -3.14. The third-order valence-corrected chi connectivity index (χ3v) is 6.66. The largest absolute Gasteiger partial charge is 0.481 e. The van der Waals surface area contributed by atoms with Gasteiger partial charge in [-0.15, -0.1) is 0 Å². The van der Waals surface area contributed by atoms with E-state index in [1.165, 1.54) is 58.5 Å². The second kappa shape index (κ2) is 40.9. The molecule has 254 valence electrons. The standard InChI is InChI=1S/C21H34O2.C20H32O2/c1-3-4-5-6-7-8-9-10-11-12-13-14-15-16-17-18-19-20-21(22)23-2;1-2-3-4-5-6-7-8-9-10-11-12-13-14-15-16-17-18-19-20(21)22/h7-8,10-11,13-14,16-17H,3-6,9,12,15,18-20H2,1-2H3;6-7,9-10,12-13,15-16H,2-5,8,11,14,17-19H2,1H3,(H,21,22). The Balaban J connectivity index is 0. The van der Waals surface area contributed by atoms with Gasteiger partial charge in [0.25, 0.3) is 0 Å². The third kappa shape index (κ3) is 45.4. The van der Waals surface area contributed by atoms with Gasteiger partial charge in [0.1, 0.15) is 0 Å². The fourth-order valence-corrected chi connectivity index (χ4v) is 3.96. The summed E-state index contributed by atoms with van der Waals surface area (Å²) < 4.78 is 4.59. The molecule has 0 aliphatic rings. The summed E-state index contributed by atoms with van der Waals surface area (Å²) in [6, 6.07) is 0. The lowest BCUT2D eigenvalue weighted by molar-refractivity contribution is -0.140. The highest BCUT2D eigenvalue weighted by molar-refractivity contribution is 5.69. The number of ether oxygens (including phenoxy) is 1. The topological polar surface area (TPSA) is 63.6 Å². The number of allylic oxidation sites excluding steroid dienone is 16. The molecule has 0 aromatic heterocycles. The number of carbonyl (C=O) groups excluding carboxylic acids is 1. The molecule has 0 amide bonds. The Labute approximate surface area is 277 Å². The molecule has 0 saturated heterocycles. The summed E-state index contributed by atoms with van der Waals surface area (Å²) in [7, 11) is 1.43. The van der Waals surface area contributed by atoms with Crippen molar-refractivity contribution < 1.29 is 19.4 Å². The van der Waals surface area contributed by atoms with Crippen molar-refractivity contribution in [3.8, 4) is 0 Å². The van der Waals surface area contributed by atoms with E-state index in [0.717, 1.165) is 64.2 Å². The van der Waals surface area contributed by atoms with Gasteiger partial charge in [0.2, 0.25) is 0 Å². The predicted molar refractivity (Wildman–Crippen MR) is 196 cm³/mol. The minimum absolute atomic E-state index is 0.124. The quantitative estimate of drug-likeness (QED) is 0.0535. The second-order valence-corrected chi connectivity index (χ2v) is 10.9. The smallest absolute Gasteiger partial charge is 0.305 e. The lowest BCUT2D eigenvalue weighted by Gasteiger charge is -1.95. The molecule has 4 heteroatoms. The molecule has 1 N–H and O–H groups in total. The molecule has 45 heavy (non-hydrogen) atoms. The zero-order chi connectivity index (χ0) is 33.3. The van der Waals surface area contributed by atoms with Crippen molar-refractivity contribution in [1.82, 2.24) is 0 Å². The van der Waals surface area contributed by atoms with Crippen LogP contribution in [0.2, 0.25) is 0 Å². The van der Waals surface area contributed by atoms with Gasteiger partial charge in [-0.3, -0.25) is 9.59 Å². The predicted octanol–water partition coefficient (Wildman–Crippen LogP) is 12.5. The molecule has 0 bridgehead atoms. The minimum Gasteiger partial charge on any atom is -0.481 e. The third-order valence-electron chi connectivity index (χ3n) is 6.66. The zero-order valence-corrected chi connectivity index (χ0v) is 29.1. The Morgan fingerprint density at radius 2 is 0.733 bits per heavy atom. The van der Waals surface area contributed by atoms with E-state index in [-0.39, 0.29) is 12.4 Å². The highest BCUT2D eigenvalue weighted by Crippen LogP contribution is 2.03. The van der Waals surface area contributed by atoms with Crippen molar-refractivity contribution in [3.05, 3.63) is 97.2 Å². The second-order valence-electron chi connectivity index (χ2n) is 10.9. The highest BCUT2D eigenvalue weighted by Gasteiger charge is 1.96. The first kappa shape index (κ1) is 44.0. The first-order valence-electron chi connectivity index (χ1n) is 17.6. The lowest BCUT2D eigenvalue weighted by Crippen LogP contribution is -1.98. The number of unbranched alkanes of at least 4 members (excludes halogenated alkanes) is 8. The number of rotatable bonds is 28. The van der Waals surface area contributed by atoms with Gasteiger partial charge in [0.15, 0.2) is 0 Å². The fourth-order valence-electron chi connectivity index (χ4n) is 3.96. The van der Waals surface area contributed by atoms with Gasteiger partial charge in [-0.05, 0) is 89.9 Å². The first-order chi connectivity index (χ1) is 22.1. The van der Waals surface area contributed by atoms with E-state index in [2.05, 4.69) is 116 Å². The zero-order valence-electron chi connectivity index (χ0n) is 29.1. The Morgan fingerprint density at radius 1 is 0.444 bits per heavy atom. The number of carboxylic acids is 1. The summed E-state index contributed by atoms with van der Waals surface area (Å²) in [5.74, 6) is -0.836. The molecule has 0 radical (unpaired) electrons. The van der Waals surface area contributed by atoms with Crippen molar-refractivity contribution in [2.45, 2.75) is 142 Å². The fraction of sp³-hybridized carbons (Fsp3) is 0.561. The molecule has 0 unspecified atom stereocenters. The SMILES string of the molecule is CCCCCC=CCC=CCC=CCC=CCCCC(=O)O.CCCCCC=CCC=CCC=CCC=CCCCC(=O)OC. The van der Waals surface area contributed by atoms with Crippen LogP contribution in [0.25, 0.3) is 0 Å². The maximum Gasteiger partial charge on any atom is 0.305 e. The number of hydrogen-bond acceptors (Lipinski definition) is 3. The van der Waals surface area contributed by atoms with Crippen molar-refractivity contribution in [1.29, 1.82) is 0 Å². The number of carbonyl (C=O) groups is 2. The minimum atomic E-state index is -0.712. The van der Waals surface area contributed by atoms with Crippen LogP contribution in [0, 0.1) is 0 Å². The molecule has 0 saturated carbocycles. The molecule has 0 aromatic rings. The molecule has 0 spiro atoms. The first-order valence-corrected chi connectivity index (χ1v) is 17.6. The van der Waals surface area contributed by atoms with E-state index in [0.29, 0.717) is 6.42 Å². The molecular formula is C41H66O4. The Morgan fingerprint density at radius 3 is 1.02 bits per heavy atom. The van der Waals surface area contributed by atoms with E-state index in [4.69, 9.17) is 5.11 Å². The van der Waals surface area contributed by atoms with Gasteiger partial charge in [0, 0.05) is 12.8 Å². The Bertz CT molecular complexity index is 883. The van der Waals surface area contributed by atoms with Gasteiger partial charge >= 0.3 is 11.9 Å². The van der Waals surface area contributed by atoms with Crippen LogP contribution in [-0.2, 0) is 14.3 Å². The Kier molecular flexibility index (Phi) is 39.9. The highest BCUT2D eigenvalue weighted by atomic mass is 16.5. The van der Waals surface area contributed by atoms with E-state index in [9.17, 15) is 9.59 Å². The molecule has 4 nitrogen and oxygen atoms in total. The van der Waals surface area contributed by atoms with Crippen LogP contribution in [0.15, 0.2) is 97.2 Å². The number of hydrogen-bond donors (Lipinski definition) is 1. The summed E-state index contributed by atoms with van der Waals surface area (Å²) in [6.07, 6.45) is 55.5. The monoisotopic (exact) mass is 622 g/mol. The summed E-state index contributed by atoms with van der Waals surface area (Å²) in [4.78, 5) is 21.2. The molecule has 0 aromatic carbocycles. The van der Waals surface area contributed by atoms with E-state index < -0.39 is 5.97 Å². The number of methoxy groups -OCH3 is 1. The van der Waals surface area contributed by atoms with Gasteiger partial charge in [-0.1, -0.05) is 137 Å². The van der Waals surface area contributed by atoms with Gasteiger partial charge in [-0.2, -0.15) is 0 Å². The molecule has 0 rings (SSSR count). The average Bonchev–Trinajstić information content (AvgIpc) is 3.04. The average molecular weight is 623 g/mol. The van der Waals surface area contributed by atoms with Crippen molar-refractivity contribution in [3.63, 3.8) is 0 Å². The van der Waals surface area contributed by atoms with E-state index >= 15 is 0 Å². The molecule has 0 atom stereocenters. The summed E-state index contributed by atoms with van der Waals surface area (Å²) in [6.45, 7) is 4.47. The van der Waals surface area contributed by atoms with E-state index in [1.807, 2.05) is 0 Å². The van der Waals surface area contributed by atoms with Crippen LogP contribution in [0.5, 0.6) is 0 Å². The normalized spacial score (nSPS) is 12.3. The van der Waals surface area contributed by atoms with Crippen LogP contribution >= 0.6 is 0 Å². The molecule has 0 aliphatic heterocycles. The van der Waals surface area contributed by atoms with E-state index in [1.54, 1.807) is 0 Å². The van der Waals surface area contributed by atoms with Crippen molar-refractivity contribution >= 4 is 11.9 Å². The van der Waals surface area contributed by atoms with Crippen LogP contribution in [0.1, 0.15) is 142 Å². The molecule has 0 fully saturated rings. The number of aliphatic carboxylic acids is 1. The molecule has 0 heterocycles. The summed E-state index contributed by atoms with van der Waals surface area (Å²) >= 11 is 0. The van der Waals surface area contributed by atoms with Crippen LogP contribution in [-0.4, -0.2) is 24.2 Å². The van der Waals surface area contributed by atoms with Gasteiger partial charge in [0.05, 0.1) is 7.11 Å². The van der Waals surface area contributed by atoms with Crippen molar-refractivity contribution in [2.24, 2.45) is 0 Å². The molecule has 0 aliphatic carbocycles. The summed E-state index contributed by atoms with van der Waals surface area (Å²) in [5, 5.41) is 8.49. The summed E-state index contributed by atoms with van der Waals surface area (Å²) in [5.41, 5.74) is 0. The number of carboxylic acid groups (broad SMARTS) is 1. The maximum absolute atomic E-state index is 10.9. The van der Waals surface area contributed by atoms with Crippen LogP contribution in [0.3, 0.4) is 0 Å². The maximum atomic E-state index is 10.9. The van der Waals surface area contributed by atoms with Gasteiger partial charge in [-0.25, -0.2) is 0 Å². The van der Waals surface area contributed by atoms with Crippen molar-refractivity contribution in [2.75, 3.05) is 7.11 Å².